The monoisotopic (exact) mass is 436 g/mol. The molecule has 2 aromatic carbocycles. The minimum Gasteiger partial charge on any atom is -0.374 e. The van der Waals surface area contributed by atoms with Crippen molar-refractivity contribution in [3.8, 4) is 0 Å². The number of amides is 1. The van der Waals surface area contributed by atoms with Gasteiger partial charge in [0.05, 0.1) is 11.0 Å². The van der Waals surface area contributed by atoms with E-state index in [1.54, 1.807) is 21.5 Å². The quantitative estimate of drug-likeness (QED) is 0.430. The second-order valence-corrected chi connectivity index (χ2v) is 7.85. The van der Waals surface area contributed by atoms with Crippen molar-refractivity contribution < 1.29 is 14.3 Å². The van der Waals surface area contributed by atoms with Crippen LogP contribution < -0.4 is 11.1 Å². The number of carbonyl (C=O) groups excluding carboxylic acids is 1. The Bertz CT molecular complexity index is 1280. The number of aromatic nitrogens is 5. The number of fused-ring (bicyclic) bond motifs is 3. The molecule has 0 radical (unpaired) electrons. The van der Waals surface area contributed by atoms with Crippen molar-refractivity contribution in [1.29, 1.82) is 0 Å². The standard InChI is InChI=1S/C21H21FN8O2/c22-21(20(23)32)9-11-29(12-10-21)19(31)13-5-7-14(8-6-13)24-17-18-26-27-28-30(18)16-4-2-1-3-15(16)25-17/h1-8,19,31H,9-12H2,(H2,23,32)(H,24,25). The summed E-state index contributed by atoms with van der Waals surface area (Å²) in [5.41, 5.74) is 6.58. The van der Waals surface area contributed by atoms with Gasteiger partial charge in [-0.25, -0.2) is 9.37 Å². The Morgan fingerprint density at radius 1 is 1.16 bits per heavy atom. The number of likely N-dealkylation sites (tertiary alicyclic amines) is 1. The fraction of sp³-hybridized carbons (Fsp3) is 0.286. The maximum absolute atomic E-state index is 14.4. The fourth-order valence-corrected chi connectivity index (χ4v) is 3.94. The van der Waals surface area contributed by atoms with Crippen molar-refractivity contribution >= 4 is 34.1 Å². The molecule has 4 N–H and O–H groups in total. The molecule has 164 valence electrons. The number of primary amides is 1. The number of nitrogens with two attached hydrogens (primary N) is 1. The van der Waals surface area contributed by atoms with Crippen molar-refractivity contribution in [2.75, 3.05) is 18.4 Å². The Hall–Kier alpha value is -3.70. The molecule has 1 unspecified atom stereocenters. The summed E-state index contributed by atoms with van der Waals surface area (Å²) in [5, 5.41) is 25.8. The van der Waals surface area contributed by atoms with E-state index < -0.39 is 17.8 Å². The molecule has 3 heterocycles. The van der Waals surface area contributed by atoms with E-state index in [2.05, 4.69) is 25.8 Å². The van der Waals surface area contributed by atoms with Crippen molar-refractivity contribution in [1.82, 2.24) is 29.9 Å². The van der Waals surface area contributed by atoms with Crippen LogP contribution >= 0.6 is 0 Å². The number of hydrogen-bond donors (Lipinski definition) is 3. The molecule has 10 nitrogen and oxygen atoms in total. The molecule has 11 heteroatoms. The molecule has 1 amide bonds. The highest BCUT2D eigenvalue weighted by atomic mass is 19.1. The summed E-state index contributed by atoms with van der Waals surface area (Å²) in [7, 11) is 0. The average Bonchev–Trinajstić information content (AvgIpc) is 3.30. The summed E-state index contributed by atoms with van der Waals surface area (Å²) < 4.78 is 16.0. The van der Waals surface area contributed by atoms with Crippen molar-refractivity contribution in [2.45, 2.75) is 24.7 Å². The van der Waals surface area contributed by atoms with Crippen molar-refractivity contribution in [2.24, 2.45) is 5.73 Å². The summed E-state index contributed by atoms with van der Waals surface area (Å²) in [6.07, 6.45) is -0.975. The Morgan fingerprint density at radius 2 is 1.88 bits per heavy atom. The van der Waals surface area contributed by atoms with Crippen LogP contribution in [0.1, 0.15) is 24.6 Å². The maximum Gasteiger partial charge on any atom is 0.255 e. The van der Waals surface area contributed by atoms with Gasteiger partial charge in [0.15, 0.2) is 11.5 Å². The largest absolute Gasteiger partial charge is 0.374 e. The van der Waals surface area contributed by atoms with Crippen LogP contribution in [0.25, 0.3) is 16.7 Å². The zero-order valence-electron chi connectivity index (χ0n) is 17.0. The number of aliphatic hydroxyl groups excluding tert-OH is 1. The predicted octanol–water partition coefficient (Wildman–Crippen LogP) is 1.70. The molecular formula is C21H21FN8O2. The molecule has 1 saturated heterocycles. The van der Waals surface area contributed by atoms with Gasteiger partial charge in [-0.05, 0) is 40.3 Å². The van der Waals surface area contributed by atoms with E-state index in [1.165, 1.54) is 0 Å². The zero-order valence-corrected chi connectivity index (χ0v) is 17.0. The van der Waals surface area contributed by atoms with E-state index in [4.69, 9.17) is 5.73 Å². The lowest BCUT2D eigenvalue weighted by molar-refractivity contribution is -0.135. The zero-order chi connectivity index (χ0) is 22.3. The Morgan fingerprint density at radius 3 is 2.59 bits per heavy atom. The number of hydrogen-bond acceptors (Lipinski definition) is 8. The highest BCUT2D eigenvalue weighted by molar-refractivity contribution is 5.84. The van der Waals surface area contributed by atoms with Gasteiger partial charge in [0.25, 0.3) is 5.91 Å². The lowest BCUT2D eigenvalue weighted by Crippen LogP contribution is -2.50. The van der Waals surface area contributed by atoms with Crippen LogP contribution in [-0.4, -0.2) is 59.7 Å². The van der Waals surface area contributed by atoms with Crippen LogP contribution in [0.15, 0.2) is 48.5 Å². The van der Waals surface area contributed by atoms with E-state index in [0.29, 0.717) is 17.0 Å². The van der Waals surface area contributed by atoms with Gasteiger partial charge in [0.1, 0.15) is 6.23 Å². The predicted molar refractivity (Wildman–Crippen MR) is 115 cm³/mol. The number of halogens is 1. The summed E-state index contributed by atoms with van der Waals surface area (Å²) in [6.45, 7) is 0.471. The fourth-order valence-electron chi connectivity index (χ4n) is 3.94. The Balaban J connectivity index is 1.33. The molecule has 0 aliphatic carbocycles. The number of anilines is 2. The molecule has 1 fully saturated rings. The SMILES string of the molecule is NC(=O)C1(F)CCN(C(O)c2ccc(Nc3nc4ccccc4n4nnnc34)cc2)CC1. The highest BCUT2D eigenvalue weighted by Crippen LogP contribution is 2.31. The van der Waals surface area contributed by atoms with Crippen LogP contribution in [0.4, 0.5) is 15.9 Å². The molecule has 1 aliphatic heterocycles. The highest BCUT2D eigenvalue weighted by Gasteiger charge is 2.41. The number of benzene rings is 2. The number of tetrazole rings is 1. The summed E-state index contributed by atoms with van der Waals surface area (Å²) in [6, 6.07) is 14.7. The molecule has 4 aromatic rings. The van der Waals surface area contributed by atoms with Gasteiger partial charge in [-0.15, -0.1) is 5.10 Å². The second kappa shape index (κ2) is 7.77. The third kappa shape index (κ3) is 3.51. The summed E-state index contributed by atoms with van der Waals surface area (Å²) in [5.74, 6) is -0.440. The minimum absolute atomic E-state index is 0.0327. The van der Waals surface area contributed by atoms with Gasteiger partial charge in [0.2, 0.25) is 5.65 Å². The number of aliphatic hydroxyl groups is 1. The van der Waals surface area contributed by atoms with E-state index in [9.17, 15) is 14.3 Å². The van der Waals surface area contributed by atoms with Gasteiger partial charge in [0, 0.05) is 31.6 Å². The molecule has 1 atom stereocenters. The smallest absolute Gasteiger partial charge is 0.255 e. The van der Waals surface area contributed by atoms with Gasteiger partial charge in [-0.2, -0.15) is 4.52 Å². The van der Waals surface area contributed by atoms with E-state index in [0.717, 1.165) is 16.7 Å². The van der Waals surface area contributed by atoms with Gasteiger partial charge >= 0.3 is 0 Å². The molecule has 0 saturated carbocycles. The first-order valence-corrected chi connectivity index (χ1v) is 10.2. The summed E-state index contributed by atoms with van der Waals surface area (Å²) >= 11 is 0. The van der Waals surface area contributed by atoms with E-state index in [1.807, 2.05) is 36.4 Å². The van der Waals surface area contributed by atoms with Gasteiger partial charge < -0.3 is 16.2 Å². The van der Waals surface area contributed by atoms with Crippen LogP contribution in [0.2, 0.25) is 0 Å². The molecule has 0 bridgehead atoms. The number of para-hydroxylation sites is 2. The van der Waals surface area contributed by atoms with E-state index >= 15 is 0 Å². The lowest BCUT2D eigenvalue weighted by atomic mass is 9.92. The number of piperidine rings is 1. The third-order valence-corrected chi connectivity index (χ3v) is 5.87. The average molecular weight is 436 g/mol. The first-order chi connectivity index (χ1) is 15.4. The lowest BCUT2D eigenvalue weighted by Gasteiger charge is -2.37. The van der Waals surface area contributed by atoms with Gasteiger partial charge in [-0.1, -0.05) is 24.3 Å². The van der Waals surface area contributed by atoms with Crippen LogP contribution in [-0.2, 0) is 4.79 Å². The normalized spacial score (nSPS) is 17.4. The molecule has 32 heavy (non-hydrogen) atoms. The number of nitrogens with one attached hydrogen (secondary N) is 1. The number of rotatable bonds is 5. The van der Waals surface area contributed by atoms with Crippen LogP contribution in [0.3, 0.4) is 0 Å². The number of alkyl halides is 1. The topological polar surface area (TPSA) is 135 Å². The first kappa shape index (κ1) is 20.2. The second-order valence-electron chi connectivity index (χ2n) is 7.85. The van der Waals surface area contributed by atoms with Crippen LogP contribution in [0, 0.1) is 0 Å². The van der Waals surface area contributed by atoms with Crippen molar-refractivity contribution in [3.63, 3.8) is 0 Å². The first-order valence-electron chi connectivity index (χ1n) is 10.2. The Labute approximate surface area is 181 Å². The number of nitrogens with zero attached hydrogens (tertiary/aromatic N) is 6. The summed E-state index contributed by atoms with van der Waals surface area (Å²) in [4.78, 5) is 17.6. The van der Waals surface area contributed by atoms with E-state index in [-0.39, 0.29) is 25.9 Å². The number of carbonyl (C=O) groups is 1. The van der Waals surface area contributed by atoms with Crippen molar-refractivity contribution in [3.05, 3.63) is 54.1 Å². The maximum atomic E-state index is 14.4. The van der Waals surface area contributed by atoms with Crippen LogP contribution in [0.5, 0.6) is 0 Å². The van der Waals surface area contributed by atoms with Gasteiger partial charge in [-0.3, -0.25) is 9.69 Å². The third-order valence-electron chi connectivity index (χ3n) is 5.87. The molecule has 0 spiro atoms. The molecule has 1 aliphatic rings. The Kier molecular flexibility index (Phi) is 4.91. The molecule has 5 rings (SSSR count). The molecule has 2 aromatic heterocycles. The minimum atomic E-state index is -2.00. The molecular weight excluding hydrogens is 415 g/mol.